The largest absolute Gasteiger partial charge is 0.294 e. The van der Waals surface area contributed by atoms with E-state index in [1.807, 2.05) is 0 Å². The average molecular weight is 849 g/mol. The maximum absolute atomic E-state index is 5.57. The molecule has 2 nitrogen and oxygen atoms in total. The van der Waals surface area contributed by atoms with E-state index in [0.29, 0.717) is 0 Å². The van der Waals surface area contributed by atoms with Crippen molar-refractivity contribution in [3.05, 3.63) is 287 Å². The summed E-state index contributed by atoms with van der Waals surface area (Å²) < 4.78 is 2.44. The van der Waals surface area contributed by atoms with Gasteiger partial charge in [-0.25, -0.2) is 4.98 Å². The zero-order chi connectivity index (χ0) is 43.8. The van der Waals surface area contributed by atoms with Crippen molar-refractivity contribution in [2.45, 2.75) is 10.8 Å². The first-order chi connectivity index (χ1) is 33.2. The highest BCUT2D eigenvalue weighted by Gasteiger charge is 2.59. The summed E-state index contributed by atoms with van der Waals surface area (Å²) in [7, 11) is 0. The van der Waals surface area contributed by atoms with Gasteiger partial charge in [0.05, 0.1) is 27.6 Å². The summed E-state index contributed by atoms with van der Waals surface area (Å²) in [6.45, 7) is 0. The van der Waals surface area contributed by atoms with Crippen LogP contribution in [-0.2, 0) is 10.8 Å². The van der Waals surface area contributed by atoms with Gasteiger partial charge in [0.15, 0.2) is 0 Å². The van der Waals surface area contributed by atoms with Gasteiger partial charge in [-0.1, -0.05) is 212 Å². The smallest absolute Gasteiger partial charge is 0.138 e. The summed E-state index contributed by atoms with van der Waals surface area (Å²) in [6.07, 6.45) is 0. The second kappa shape index (κ2) is 13.5. The maximum Gasteiger partial charge on any atom is 0.138 e. The number of hydrogen-bond donors (Lipinski definition) is 0. The van der Waals surface area contributed by atoms with Crippen LogP contribution >= 0.6 is 0 Å². The molecule has 0 amide bonds. The number of aromatic nitrogens is 2. The molecular weight excluding hydrogens is 809 g/mol. The van der Waals surface area contributed by atoms with E-state index in [9.17, 15) is 0 Å². The predicted octanol–water partition coefficient (Wildman–Crippen LogP) is 15.7. The van der Waals surface area contributed by atoms with Gasteiger partial charge in [0, 0.05) is 16.3 Å². The van der Waals surface area contributed by atoms with Crippen LogP contribution < -0.4 is 0 Å². The van der Waals surface area contributed by atoms with Crippen LogP contribution in [0.5, 0.6) is 0 Å². The van der Waals surface area contributed by atoms with Crippen LogP contribution in [0.3, 0.4) is 0 Å². The van der Waals surface area contributed by atoms with Crippen LogP contribution in [-0.4, -0.2) is 9.55 Å². The van der Waals surface area contributed by atoms with Gasteiger partial charge in [0.1, 0.15) is 5.82 Å². The molecule has 3 aliphatic carbocycles. The third kappa shape index (κ3) is 4.66. The highest BCUT2D eigenvalue weighted by Crippen LogP contribution is 2.67. The van der Waals surface area contributed by atoms with E-state index in [4.69, 9.17) is 4.98 Å². The van der Waals surface area contributed by atoms with Crippen LogP contribution in [0, 0.1) is 0 Å². The highest BCUT2D eigenvalue weighted by molar-refractivity contribution is 6.22. The molecule has 67 heavy (non-hydrogen) atoms. The Balaban J connectivity index is 1.09. The zero-order valence-corrected chi connectivity index (χ0v) is 36.5. The van der Waals surface area contributed by atoms with Crippen LogP contribution in [0.25, 0.3) is 83.0 Å². The monoisotopic (exact) mass is 848 g/mol. The van der Waals surface area contributed by atoms with Gasteiger partial charge >= 0.3 is 0 Å². The number of rotatable bonds is 3. The molecule has 3 aliphatic rings. The van der Waals surface area contributed by atoms with Crippen molar-refractivity contribution in [2.75, 3.05) is 0 Å². The van der Waals surface area contributed by atoms with E-state index in [0.717, 1.165) is 39.2 Å². The summed E-state index contributed by atoms with van der Waals surface area (Å²) in [5.74, 6) is 0.894. The van der Waals surface area contributed by atoms with E-state index in [1.54, 1.807) is 0 Å². The summed E-state index contributed by atoms with van der Waals surface area (Å²) in [4.78, 5) is 5.57. The molecular formula is C65H40N2. The predicted molar refractivity (Wildman–Crippen MR) is 275 cm³/mol. The van der Waals surface area contributed by atoms with Gasteiger partial charge in [-0.2, -0.15) is 0 Å². The maximum atomic E-state index is 5.57. The lowest BCUT2D eigenvalue weighted by atomic mass is 9.52. The Bertz CT molecular complexity index is 3890. The molecule has 2 aromatic heterocycles. The Morgan fingerprint density at radius 1 is 0.299 bits per heavy atom. The fraction of sp³-hybridized carbons (Fsp3) is 0.0308. The van der Waals surface area contributed by atoms with Crippen molar-refractivity contribution in [1.82, 2.24) is 9.55 Å². The Labute approximate surface area is 388 Å². The minimum absolute atomic E-state index is 0.494. The quantitative estimate of drug-likeness (QED) is 0.173. The molecule has 0 N–H and O–H groups in total. The summed E-state index contributed by atoms with van der Waals surface area (Å²) in [5.41, 5.74) is 21.4. The van der Waals surface area contributed by atoms with E-state index in [1.165, 1.54) is 88.3 Å². The molecule has 2 heterocycles. The van der Waals surface area contributed by atoms with E-state index in [2.05, 4.69) is 247 Å². The van der Waals surface area contributed by atoms with Gasteiger partial charge in [-0.15, -0.1) is 0 Å². The molecule has 2 heteroatoms. The number of pyridine rings is 1. The third-order valence-corrected chi connectivity index (χ3v) is 15.5. The first-order valence-electron chi connectivity index (χ1n) is 23.4. The Morgan fingerprint density at radius 2 is 0.776 bits per heavy atom. The summed E-state index contributed by atoms with van der Waals surface area (Å²) in [5, 5.41) is 4.91. The van der Waals surface area contributed by atoms with E-state index < -0.39 is 10.8 Å². The molecule has 10 aromatic carbocycles. The minimum Gasteiger partial charge on any atom is -0.294 e. The molecule has 0 radical (unpaired) electrons. The normalized spacial score (nSPS) is 14.2. The van der Waals surface area contributed by atoms with Crippen LogP contribution in [0.2, 0.25) is 0 Å². The average Bonchev–Trinajstić information content (AvgIpc) is 4.00. The first-order valence-corrected chi connectivity index (χ1v) is 23.4. The molecule has 2 spiro atoms. The zero-order valence-electron chi connectivity index (χ0n) is 36.5. The fourth-order valence-electron chi connectivity index (χ4n) is 12.9. The number of nitrogens with zero attached hydrogens (tertiary/aromatic N) is 2. The lowest BCUT2D eigenvalue weighted by Gasteiger charge is -2.48. The molecule has 310 valence electrons. The summed E-state index contributed by atoms with van der Waals surface area (Å²) in [6, 6.07) is 90.7. The van der Waals surface area contributed by atoms with Crippen molar-refractivity contribution in [2.24, 2.45) is 0 Å². The molecule has 0 aliphatic heterocycles. The lowest BCUT2D eigenvalue weighted by Crippen LogP contribution is -2.43. The highest BCUT2D eigenvalue weighted by atomic mass is 15.1. The molecule has 15 rings (SSSR count). The molecule has 0 unspecified atom stereocenters. The number of fused-ring (bicyclic) bond motifs is 21. The van der Waals surface area contributed by atoms with E-state index >= 15 is 0 Å². The van der Waals surface area contributed by atoms with Crippen LogP contribution in [0.4, 0.5) is 0 Å². The first kappa shape index (κ1) is 36.7. The van der Waals surface area contributed by atoms with Gasteiger partial charge in [0.2, 0.25) is 0 Å². The second-order valence-electron chi connectivity index (χ2n) is 18.5. The molecule has 0 bridgehead atoms. The molecule has 0 atom stereocenters. The van der Waals surface area contributed by atoms with E-state index in [-0.39, 0.29) is 0 Å². The Morgan fingerprint density at radius 3 is 1.37 bits per heavy atom. The van der Waals surface area contributed by atoms with Crippen molar-refractivity contribution in [1.29, 1.82) is 0 Å². The SMILES string of the molecule is c1ccc(-c2cc(-c3ccccc3)nc(-n3c4cc5c(cc4c4c6ccccc6ccc43)C3(c4ccccc4-5)c4ccccc4C4(c5ccccc5-c5ccccc54)c4ccccc43)c2)cc1. The van der Waals surface area contributed by atoms with Crippen molar-refractivity contribution in [3.8, 4) is 50.5 Å². The van der Waals surface area contributed by atoms with Gasteiger partial charge in [-0.05, 0) is 119 Å². The van der Waals surface area contributed by atoms with Gasteiger partial charge in [0.25, 0.3) is 0 Å². The number of benzene rings is 10. The Kier molecular flexibility index (Phi) is 7.39. The fourth-order valence-corrected chi connectivity index (χ4v) is 12.9. The molecule has 0 fully saturated rings. The van der Waals surface area contributed by atoms with Gasteiger partial charge < -0.3 is 0 Å². The van der Waals surface area contributed by atoms with Crippen LogP contribution in [0.15, 0.2) is 243 Å². The molecule has 12 aromatic rings. The van der Waals surface area contributed by atoms with Crippen molar-refractivity contribution in [3.63, 3.8) is 0 Å². The van der Waals surface area contributed by atoms with Crippen LogP contribution in [0.1, 0.15) is 44.5 Å². The van der Waals surface area contributed by atoms with Crippen molar-refractivity contribution < 1.29 is 0 Å². The van der Waals surface area contributed by atoms with Gasteiger partial charge in [-0.3, -0.25) is 4.57 Å². The topological polar surface area (TPSA) is 17.8 Å². The Hall–Kier alpha value is -8.59. The minimum atomic E-state index is -0.601. The summed E-state index contributed by atoms with van der Waals surface area (Å²) >= 11 is 0. The number of hydrogen-bond acceptors (Lipinski definition) is 1. The second-order valence-corrected chi connectivity index (χ2v) is 18.5. The molecule has 0 saturated carbocycles. The third-order valence-electron chi connectivity index (χ3n) is 15.5. The standard InChI is InChI=1S/C65H40N2/c1-3-19-41(20-4-1)44-37-59(43-22-5-2-6-23-43)66-62(38-44)67-60-36-35-42-21-7-8-24-45(42)63(60)50-39-58-49(40-61(50)67)48-27-11-14-30-53(48)65(58)56-33-17-15-31-54(56)64(55-32-16-18-34-57(55)65)51-28-12-9-25-46(51)47-26-10-13-29-52(47)64/h1-40H. The van der Waals surface area contributed by atoms with Crippen molar-refractivity contribution >= 4 is 32.6 Å². The lowest BCUT2D eigenvalue weighted by molar-refractivity contribution is 0.633. The molecule has 0 saturated heterocycles.